The Morgan fingerprint density at radius 3 is 2.81 bits per heavy atom. The molecular formula is C12H15NO3. The second-order valence-electron chi connectivity index (χ2n) is 3.99. The Labute approximate surface area is 94.0 Å². The lowest BCUT2D eigenvalue weighted by atomic mass is 10.0. The molecule has 0 aromatic heterocycles. The van der Waals surface area contributed by atoms with E-state index in [1.165, 1.54) is 6.07 Å². The average molecular weight is 221 g/mol. The van der Waals surface area contributed by atoms with E-state index in [1.54, 1.807) is 13.0 Å². The molecule has 0 radical (unpaired) electrons. The molecule has 0 saturated heterocycles. The quantitative estimate of drug-likeness (QED) is 0.465. The maximum absolute atomic E-state index is 11.5. The molecule has 1 aliphatic rings. The number of hydrogen-bond donors (Lipinski definition) is 2. The summed E-state index contributed by atoms with van der Waals surface area (Å²) < 4.78 is 4.89. The van der Waals surface area contributed by atoms with E-state index < -0.39 is 5.97 Å². The first-order chi connectivity index (χ1) is 7.63. The molecule has 0 atom stereocenters. The number of phenolic OH excluding ortho intramolecular Hbond substituents is 1. The van der Waals surface area contributed by atoms with Crippen LogP contribution in [0.15, 0.2) is 12.1 Å². The molecule has 0 bridgehead atoms. The summed E-state index contributed by atoms with van der Waals surface area (Å²) >= 11 is 0. The van der Waals surface area contributed by atoms with Gasteiger partial charge in [0.05, 0.1) is 17.9 Å². The number of rotatable bonds is 3. The van der Waals surface area contributed by atoms with E-state index in [2.05, 4.69) is 0 Å². The predicted octanol–water partition coefficient (Wildman–Crippen LogP) is 2.03. The SMILES string of the molecule is CCOC(=O)c1cc(O)c(N)c(C2CC2)c1. The first-order valence-electron chi connectivity index (χ1n) is 5.43. The molecule has 0 aliphatic heterocycles. The third kappa shape index (κ3) is 1.96. The van der Waals surface area contributed by atoms with Gasteiger partial charge in [-0.05, 0) is 43.4 Å². The van der Waals surface area contributed by atoms with Crippen LogP contribution in [0.4, 0.5) is 5.69 Å². The number of phenols is 1. The highest BCUT2D eigenvalue weighted by atomic mass is 16.5. The van der Waals surface area contributed by atoms with Crippen molar-refractivity contribution in [1.82, 2.24) is 0 Å². The fourth-order valence-electron chi connectivity index (χ4n) is 1.72. The molecular weight excluding hydrogens is 206 g/mol. The minimum Gasteiger partial charge on any atom is -0.506 e. The number of benzene rings is 1. The Hall–Kier alpha value is -1.71. The minimum atomic E-state index is -0.417. The van der Waals surface area contributed by atoms with Gasteiger partial charge in [-0.1, -0.05) is 0 Å². The van der Waals surface area contributed by atoms with Gasteiger partial charge in [0.1, 0.15) is 5.75 Å². The molecule has 0 heterocycles. The number of nitrogen functional groups attached to an aromatic ring is 1. The summed E-state index contributed by atoms with van der Waals surface area (Å²) in [6.07, 6.45) is 2.13. The number of aromatic hydroxyl groups is 1. The summed E-state index contributed by atoms with van der Waals surface area (Å²) in [5, 5.41) is 9.64. The van der Waals surface area contributed by atoms with Gasteiger partial charge in [-0.15, -0.1) is 0 Å². The fourth-order valence-corrected chi connectivity index (χ4v) is 1.72. The summed E-state index contributed by atoms with van der Waals surface area (Å²) in [6, 6.07) is 3.09. The Morgan fingerprint density at radius 1 is 1.56 bits per heavy atom. The number of esters is 1. The normalized spacial score (nSPS) is 14.8. The van der Waals surface area contributed by atoms with E-state index in [1.807, 2.05) is 0 Å². The van der Waals surface area contributed by atoms with Crippen molar-refractivity contribution in [3.63, 3.8) is 0 Å². The van der Waals surface area contributed by atoms with Crippen LogP contribution in [0.1, 0.15) is 41.6 Å². The zero-order chi connectivity index (χ0) is 11.7. The zero-order valence-corrected chi connectivity index (χ0v) is 9.19. The van der Waals surface area contributed by atoms with Gasteiger partial charge in [0, 0.05) is 0 Å². The minimum absolute atomic E-state index is 0.0348. The first kappa shape index (κ1) is 10.8. The highest BCUT2D eigenvalue weighted by Gasteiger charge is 2.28. The van der Waals surface area contributed by atoms with Crippen LogP contribution < -0.4 is 5.73 Å². The standard InChI is InChI=1S/C12H15NO3/c1-2-16-12(15)8-5-9(7-3-4-7)11(13)10(14)6-8/h5-7,14H,2-4,13H2,1H3. The molecule has 3 N–H and O–H groups in total. The van der Waals surface area contributed by atoms with Gasteiger partial charge < -0.3 is 15.6 Å². The zero-order valence-electron chi connectivity index (χ0n) is 9.19. The lowest BCUT2D eigenvalue weighted by molar-refractivity contribution is 0.0526. The van der Waals surface area contributed by atoms with Crippen LogP contribution in [-0.4, -0.2) is 17.7 Å². The Morgan fingerprint density at radius 2 is 2.25 bits per heavy atom. The number of carbonyl (C=O) groups is 1. The van der Waals surface area contributed by atoms with Crippen LogP contribution in [0.2, 0.25) is 0 Å². The number of nitrogens with two attached hydrogens (primary N) is 1. The van der Waals surface area contributed by atoms with Gasteiger partial charge in [-0.2, -0.15) is 0 Å². The molecule has 1 saturated carbocycles. The number of anilines is 1. The van der Waals surface area contributed by atoms with E-state index in [9.17, 15) is 9.90 Å². The topological polar surface area (TPSA) is 72.5 Å². The van der Waals surface area contributed by atoms with Gasteiger partial charge in [0.15, 0.2) is 0 Å². The van der Waals surface area contributed by atoms with Crippen molar-refractivity contribution in [2.45, 2.75) is 25.7 Å². The Bertz CT molecular complexity index is 425. The van der Waals surface area contributed by atoms with E-state index in [0.29, 0.717) is 23.8 Å². The van der Waals surface area contributed by atoms with Crippen LogP contribution in [0.25, 0.3) is 0 Å². The van der Waals surface area contributed by atoms with Crippen molar-refractivity contribution in [1.29, 1.82) is 0 Å². The maximum Gasteiger partial charge on any atom is 0.338 e. The molecule has 86 valence electrons. The second kappa shape index (κ2) is 4.04. The molecule has 4 nitrogen and oxygen atoms in total. The molecule has 0 amide bonds. The van der Waals surface area contributed by atoms with Crippen LogP contribution in [0.5, 0.6) is 5.75 Å². The van der Waals surface area contributed by atoms with E-state index in [-0.39, 0.29) is 5.75 Å². The molecule has 0 unspecified atom stereocenters. The van der Waals surface area contributed by atoms with Gasteiger partial charge >= 0.3 is 5.97 Å². The maximum atomic E-state index is 11.5. The van der Waals surface area contributed by atoms with Crippen molar-refractivity contribution in [3.05, 3.63) is 23.3 Å². The predicted molar refractivity (Wildman–Crippen MR) is 60.5 cm³/mol. The molecule has 1 fully saturated rings. The summed E-state index contributed by atoms with van der Waals surface area (Å²) in [4.78, 5) is 11.5. The van der Waals surface area contributed by atoms with Crippen molar-refractivity contribution in [2.75, 3.05) is 12.3 Å². The third-order valence-corrected chi connectivity index (χ3v) is 2.72. The van der Waals surface area contributed by atoms with Crippen LogP contribution in [-0.2, 0) is 4.74 Å². The average Bonchev–Trinajstić information content (AvgIpc) is 3.06. The molecule has 1 aliphatic carbocycles. The highest BCUT2D eigenvalue weighted by Crippen LogP contribution is 2.45. The summed E-state index contributed by atoms with van der Waals surface area (Å²) in [5.74, 6) is -0.0626. The van der Waals surface area contributed by atoms with Crippen LogP contribution >= 0.6 is 0 Å². The lowest BCUT2D eigenvalue weighted by Crippen LogP contribution is -2.06. The molecule has 16 heavy (non-hydrogen) atoms. The number of carbonyl (C=O) groups excluding carboxylic acids is 1. The van der Waals surface area contributed by atoms with Gasteiger partial charge in [-0.25, -0.2) is 4.79 Å². The Balaban J connectivity index is 2.36. The third-order valence-electron chi connectivity index (χ3n) is 2.72. The molecule has 2 rings (SSSR count). The fraction of sp³-hybridized carbons (Fsp3) is 0.417. The summed E-state index contributed by atoms with van der Waals surface area (Å²) in [5.41, 5.74) is 7.38. The highest BCUT2D eigenvalue weighted by molar-refractivity contribution is 5.91. The van der Waals surface area contributed by atoms with Crippen molar-refractivity contribution in [3.8, 4) is 5.75 Å². The monoisotopic (exact) mass is 221 g/mol. The number of hydrogen-bond acceptors (Lipinski definition) is 4. The lowest BCUT2D eigenvalue weighted by Gasteiger charge is -2.09. The van der Waals surface area contributed by atoms with Crippen molar-refractivity contribution in [2.24, 2.45) is 0 Å². The van der Waals surface area contributed by atoms with E-state index in [4.69, 9.17) is 10.5 Å². The molecule has 1 aromatic carbocycles. The Kier molecular flexibility index (Phi) is 2.73. The van der Waals surface area contributed by atoms with Gasteiger partial charge in [-0.3, -0.25) is 0 Å². The molecule has 4 heteroatoms. The van der Waals surface area contributed by atoms with Crippen LogP contribution in [0, 0.1) is 0 Å². The van der Waals surface area contributed by atoms with E-state index >= 15 is 0 Å². The van der Waals surface area contributed by atoms with E-state index in [0.717, 1.165) is 18.4 Å². The first-order valence-corrected chi connectivity index (χ1v) is 5.43. The summed E-state index contributed by atoms with van der Waals surface area (Å²) in [7, 11) is 0. The van der Waals surface area contributed by atoms with Crippen molar-refractivity contribution >= 4 is 11.7 Å². The summed E-state index contributed by atoms with van der Waals surface area (Å²) in [6.45, 7) is 2.07. The van der Waals surface area contributed by atoms with Crippen LogP contribution in [0.3, 0.4) is 0 Å². The molecule has 0 spiro atoms. The molecule has 1 aromatic rings. The van der Waals surface area contributed by atoms with Gasteiger partial charge in [0.25, 0.3) is 0 Å². The largest absolute Gasteiger partial charge is 0.506 e. The van der Waals surface area contributed by atoms with Crippen molar-refractivity contribution < 1.29 is 14.6 Å². The van der Waals surface area contributed by atoms with Gasteiger partial charge in [0.2, 0.25) is 0 Å². The second-order valence-corrected chi connectivity index (χ2v) is 3.99. The number of ether oxygens (including phenoxy) is 1. The smallest absolute Gasteiger partial charge is 0.338 e.